The van der Waals surface area contributed by atoms with Gasteiger partial charge in [-0.2, -0.15) is 13.2 Å². The number of ether oxygens (including phenoxy) is 1. The van der Waals surface area contributed by atoms with Crippen LogP contribution in [0, 0.1) is 17.8 Å². The number of hydrogen-bond donors (Lipinski definition) is 0. The molecule has 2 unspecified atom stereocenters. The average Bonchev–Trinajstić information content (AvgIpc) is 2.73. The fourth-order valence-electron chi connectivity index (χ4n) is 2.31. The number of rotatable bonds is 2. The zero-order valence-electron chi connectivity index (χ0n) is 7.96. The van der Waals surface area contributed by atoms with Gasteiger partial charge in [-0.25, -0.2) is 0 Å². The Morgan fingerprint density at radius 3 is 2.53 bits per heavy atom. The summed E-state index contributed by atoms with van der Waals surface area (Å²) in [4.78, 5) is 11.3. The van der Waals surface area contributed by atoms with Crippen molar-refractivity contribution in [2.24, 2.45) is 17.8 Å². The van der Waals surface area contributed by atoms with Gasteiger partial charge in [0.1, 0.15) is 0 Å². The van der Waals surface area contributed by atoms with E-state index in [0.29, 0.717) is 12.3 Å². The molecule has 0 aromatic rings. The first-order valence-corrected chi connectivity index (χ1v) is 4.87. The second-order valence-electron chi connectivity index (χ2n) is 4.11. The molecule has 0 N–H and O–H groups in total. The van der Waals surface area contributed by atoms with E-state index in [1.807, 2.05) is 12.2 Å². The van der Waals surface area contributed by atoms with Crippen molar-refractivity contribution in [3.05, 3.63) is 12.2 Å². The highest BCUT2D eigenvalue weighted by Gasteiger charge is 2.41. The molecule has 2 aliphatic carbocycles. The first kappa shape index (κ1) is 10.5. The first-order valence-electron chi connectivity index (χ1n) is 4.87. The van der Waals surface area contributed by atoms with Crippen molar-refractivity contribution in [2.45, 2.75) is 19.0 Å². The molecule has 84 valence electrons. The monoisotopic (exact) mass is 220 g/mol. The second kappa shape index (κ2) is 3.54. The Morgan fingerprint density at radius 2 is 2.07 bits per heavy atom. The lowest BCUT2D eigenvalue weighted by Gasteiger charge is -2.17. The summed E-state index contributed by atoms with van der Waals surface area (Å²) in [5.74, 6) is -0.610. The zero-order chi connectivity index (χ0) is 11.1. The third-order valence-corrected chi connectivity index (χ3v) is 2.96. The van der Waals surface area contributed by atoms with Crippen molar-refractivity contribution in [3.63, 3.8) is 0 Å². The molecular formula is C10H11F3O2. The number of esters is 1. The van der Waals surface area contributed by atoms with Crippen LogP contribution in [0.25, 0.3) is 0 Å². The minimum absolute atomic E-state index is 0.0933. The Balaban J connectivity index is 1.85. The van der Waals surface area contributed by atoms with Crippen LogP contribution in [0.15, 0.2) is 12.2 Å². The number of alkyl halides is 3. The predicted octanol–water partition coefficient (Wildman–Crippen LogP) is 2.30. The Kier molecular flexibility index (Phi) is 2.48. The summed E-state index contributed by atoms with van der Waals surface area (Å²) in [5, 5.41) is 0. The first-order chi connectivity index (χ1) is 6.96. The van der Waals surface area contributed by atoms with Crippen LogP contribution in [-0.2, 0) is 9.53 Å². The van der Waals surface area contributed by atoms with Crippen LogP contribution in [0.4, 0.5) is 13.2 Å². The van der Waals surface area contributed by atoms with Crippen LogP contribution in [0.2, 0.25) is 0 Å². The average molecular weight is 220 g/mol. The van der Waals surface area contributed by atoms with Gasteiger partial charge < -0.3 is 4.74 Å². The Labute approximate surface area is 85.1 Å². The minimum Gasteiger partial charge on any atom is -0.456 e. The zero-order valence-corrected chi connectivity index (χ0v) is 7.96. The molecule has 1 fully saturated rings. The number of carbonyl (C=O) groups is 1. The molecule has 3 atom stereocenters. The van der Waals surface area contributed by atoms with E-state index in [1.54, 1.807) is 0 Å². The van der Waals surface area contributed by atoms with Gasteiger partial charge in [-0.1, -0.05) is 12.2 Å². The van der Waals surface area contributed by atoms with Gasteiger partial charge in [-0.3, -0.25) is 4.79 Å². The van der Waals surface area contributed by atoms with Crippen LogP contribution in [0.1, 0.15) is 12.8 Å². The highest BCUT2D eigenvalue weighted by atomic mass is 19.4. The molecular weight excluding hydrogens is 209 g/mol. The molecule has 15 heavy (non-hydrogen) atoms. The van der Waals surface area contributed by atoms with Crippen molar-refractivity contribution in [1.82, 2.24) is 0 Å². The van der Waals surface area contributed by atoms with Gasteiger partial charge in [0.05, 0.1) is 5.92 Å². The lowest BCUT2D eigenvalue weighted by Crippen LogP contribution is -2.26. The number of fused-ring (bicyclic) bond motifs is 2. The Hall–Kier alpha value is -1.00. The quantitative estimate of drug-likeness (QED) is 0.527. The maximum atomic E-state index is 11.8. The molecule has 0 saturated heterocycles. The van der Waals surface area contributed by atoms with Gasteiger partial charge in [0, 0.05) is 0 Å². The molecule has 0 spiro atoms. The molecule has 0 aliphatic heterocycles. The molecule has 0 heterocycles. The molecule has 0 radical (unpaired) electrons. The highest BCUT2D eigenvalue weighted by Crippen LogP contribution is 2.43. The molecule has 2 nitrogen and oxygen atoms in total. The number of allylic oxidation sites excluding steroid dienone is 2. The van der Waals surface area contributed by atoms with E-state index in [1.165, 1.54) is 0 Å². The van der Waals surface area contributed by atoms with E-state index in [-0.39, 0.29) is 11.8 Å². The van der Waals surface area contributed by atoms with Gasteiger partial charge in [0.15, 0.2) is 6.61 Å². The summed E-state index contributed by atoms with van der Waals surface area (Å²) in [6, 6.07) is 0. The normalized spacial score (nSPS) is 33.4. The van der Waals surface area contributed by atoms with E-state index < -0.39 is 18.8 Å². The number of hydrogen-bond acceptors (Lipinski definition) is 2. The van der Waals surface area contributed by atoms with Crippen molar-refractivity contribution < 1.29 is 22.7 Å². The topological polar surface area (TPSA) is 26.3 Å². The minimum atomic E-state index is -4.43. The van der Waals surface area contributed by atoms with Crippen LogP contribution in [0.5, 0.6) is 0 Å². The van der Waals surface area contributed by atoms with Crippen LogP contribution >= 0.6 is 0 Å². The van der Waals surface area contributed by atoms with Gasteiger partial charge >= 0.3 is 12.1 Å². The van der Waals surface area contributed by atoms with Gasteiger partial charge in [0.2, 0.25) is 0 Å². The van der Waals surface area contributed by atoms with Gasteiger partial charge in [0.25, 0.3) is 0 Å². The summed E-state index contributed by atoms with van der Waals surface area (Å²) in [6.07, 6.45) is 1.03. The van der Waals surface area contributed by atoms with Crippen LogP contribution in [0.3, 0.4) is 0 Å². The van der Waals surface area contributed by atoms with E-state index in [9.17, 15) is 18.0 Å². The molecule has 2 bridgehead atoms. The van der Waals surface area contributed by atoms with Crippen LogP contribution in [-0.4, -0.2) is 18.8 Å². The second-order valence-corrected chi connectivity index (χ2v) is 4.11. The molecule has 0 aromatic heterocycles. The maximum Gasteiger partial charge on any atom is 0.422 e. The number of carbonyl (C=O) groups excluding carboxylic acids is 1. The largest absolute Gasteiger partial charge is 0.456 e. The fraction of sp³-hybridized carbons (Fsp3) is 0.700. The molecule has 0 aromatic carbocycles. The molecule has 2 aliphatic rings. The van der Waals surface area contributed by atoms with E-state index in [2.05, 4.69) is 4.74 Å². The van der Waals surface area contributed by atoms with Gasteiger partial charge in [-0.05, 0) is 24.7 Å². The highest BCUT2D eigenvalue weighted by molar-refractivity contribution is 5.74. The molecule has 1 saturated carbocycles. The van der Waals surface area contributed by atoms with Crippen molar-refractivity contribution in [3.8, 4) is 0 Å². The lowest BCUT2D eigenvalue weighted by atomic mass is 9.94. The predicted molar refractivity (Wildman–Crippen MR) is 45.9 cm³/mol. The third-order valence-electron chi connectivity index (χ3n) is 2.96. The van der Waals surface area contributed by atoms with Crippen molar-refractivity contribution >= 4 is 5.97 Å². The molecule has 5 heteroatoms. The number of halogens is 3. The lowest BCUT2D eigenvalue weighted by molar-refractivity contribution is -0.189. The van der Waals surface area contributed by atoms with Gasteiger partial charge in [-0.15, -0.1) is 0 Å². The summed E-state index contributed by atoms with van der Waals surface area (Å²) >= 11 is 0. The Morgan fingerprint density at radius 1 is 1.33 bits per heavy atom. The molecule has 2 rings (SSSR count). The van der Waals surface area contributed by atoms with E-state index in [4.69, 9.17) is 0 Å². The standard InChI is InChI=1S/C10H11F3O2/c11-10(12,13)5-15-9(14)8-4-6-1-2-7(8)3-6/h1-2,6-8H,3-5H2/t6?,7?,8-/m1/s1. The summed E-state index contributed by atoms with van der Waals surface area (Å²) in [5.41, 5.74) is 0. The maximum absolute atomic E-state index is 11.8. The summed E-state index contributed by atoms with van der Waals surface area (Å²) < 4.78 is 39.6. The van der Waals surface area contributed by atoms with Crippen LogP contribution < -0.4 is 0 Å². The van der Waals surface area contributed by atoms with E-state index in [0.717, 1.165) is 6.42 Å². The fourth-order valence-corrected chi connectivity index (χ4v) is 2.31. The van der Waals surface area contributed by atoms with Crippen molar-refractivity contribution in [2.75, 3.05) is 6.61 Å². The Bertz CT molecular complexity index is 296. The summed E-state index contributed by atoms with van der Waals surface area (Å²) in [6.45, 7) is -1.47. The molecule has 0 amide bonds. The van der Waals surface area contributed by atoms with E-state index >= 15 is 0 Å². The SMILES string of the molecule is O=C(OCC(F)(F)F)[C@@H]1CC2C=CC1C2. The third kappa shape index (κ3) is 2.33. The smallest absolute Gasteiger partial charge is 0.422 e. The summed E-state index contributed by atoms with van der Waals surface area (Å²) in [7, 11) is 0. The van der Waals surface area contributed by atoms with Crippen molar-refractivity contribution in [1.29, 1.82) is 0 Å².